The molecule has 1 aliphatic heterocycles. The molecule has 0 bridgehead atoms. The minimum Gasteiger partial charge on any atom is -0.441 e. The summed E-state index contributed by atoms with van der Waals surface area (Å²) < 4.78 is 27.5. The summed E-state index contributed by atoms with van der Waals surface area (Å²) in [4.78, 5) is 20.9. The summed E-state index contributed by atoms with van der Waals surface area (Å²) in [6, 6.07) is 3.69. The highest BCUT2D eigenvalue weighted by Gasteiger charge is 2.44. The van der Waals surface area contributed by atoms with Gasteiger partial charge in [0.05, 0.1) is 18.5 Å². The third kappa shape index (κ3) is 3.81. The molecule has 3 aromatic heterocycles. The van der Waals surface area contributed by atoms with E-state index in [0.29, 0.717) is 34.7 Å². The molecular formula is C22H23FN8O3. The number of rotatable bonds is 6. The molecule has 4 heterocycles. The van der Waals surface area contributed by atoms with Crippen molar-refractivity contribution in [1.82, 2.24) is 29.9 Å². The second kappa shape index (κ2) is 7.66. The highest BCUT2D eigenvalue weighted by Crippen LogP contribution is 2.42. The van der Waals surface area contributed by atoms with Gasteiger partial charge < -0.3 is 20.1 Å². The summed E-state index contributed by atoms with van der Waals surface area (Å²) >= 11 is 0. The molecule has 3 aliphatic rings. The summed E-state index contributed by atoms with van der Waals surface area (Å²) in [6.07, 6.45) is 3.21. The van der Waals surface area contributed by atoms with E-state index < -0.39 is 24.5 Å². The molecule has 34 heavy (non-hydrogen) atoms. The van der Waals surface area contributed by atoms with Crippen LogP contribution in [0.15, 0.2) is 18.5 Å². The number of H-pyrrole nitrogens is 1. The van der Waals surface area contributed by atoms with Crippen molar-refractivity contribution < 1.29 is 18.7 Å². The van der Waals surface area contributed by atoms with Crippen molar-refractivity contribution in [2.45, 2.75) is 62.4 Å². The molecule has 11 nitrogen and oxygen atoms in total. The number of halogens is 1. The fraction of sp³-hybridized carbons (Fsp3) is 0.500. The summed E-state index contributed by atoms with van der Waals surface area (Å²) in [5, 5.41) is 22.1. The van der Waals surface area contributed by atoms with Gasteiger partial charge in [-0.15, -0.1) is 0 Å². The molecule has 12 heteroatoms. The lowest BCUT2D eigenvalue weighted by molar-refractivity contribution is 0.0604. The van der Waals surface area contributed by atoms with Gasteiger partial charge in [0.15, 0.2) is 23.8 Å². The predicted molar refractivity (Wildman–Crippen MR) is 116 cm³/mol. The number of imidazole rings is 1. The molecule has 176 valence electrons. The van der Waals surface area contributed by atoms with Gasteiger partial charge in [-0.2, -0.15) is 10.4 Å². The number of aromatic amines is 1. The van der Waals surface area contributed by atoms with Gasteiger partial charge in [0.25, 0.3) is 0 Å². The molecule has 0 spiro atoms. The molecule has 0 radical (unpaired) electrons. The van der Waals surface area contributed by atoms with Gasteiger partial charge in [0.1, 0.15) is 17.8 Å². The number of nitrogens with zero attached hydrogens (tertiary/aromatic N) is 5. The Morgan fingerprint density at radius 1 is 1.44 bits per heavy atom. The number of amides is 1. The van der Waals surface area contributed by atoms with Crippen LogP contribution in [0.25, 0.3) is 5.65 Å². The number of alkyl halides is 1. The zero-order valence-corrected chi connectivity index (χ0v) is 18.4. The van der Waals surface area contributed by atoms with Crippen LogP contribution in [0.5, 0.6) is 0 Å². The van der Waals surface area contributed by atoms with Crippen molar-refractivity contribution in [2.75, 3.05) is 11.9 Å². The Balaban J connectivity index is 1.16. The number of carbonyl (C=O) groups excluding carboxylic acids is 1. The first-order valence-corrected chi connectivity index (χ1v) is 11.3. The van der Waals surface area contributed by atoms with Crippen LogP contribution in [0.1, 0.15) is 61.6 Å². The van der Waals surface area contributed by atoms with Crippen LogP contribution in [-0.4, -0.2) is 55.1 Å². The number of nitriles is 1. The van der Waals surface area contributed by atoms with Crippen LogP contribution in [0.4, 0.5) is 21.0 Å². The van der Waals surface area contributed by atoms with Crippen molar-refractivity contribution in [3.8, 4) is 6.07 Å². The Hall–Kier alpha value is -3.72. The summed E-state index contributed by atoms with van der Waals surface area (Å²) in [7, 11) is 0. The first-order valence-electron chi connectivity index (χ1n) is 11.3. The fourth-order valence-electron chi connectivity index (χ4n) is 4.15. The normalized spacial score (nSPS) is 25.1. The van der Waals surface area contributed by atoms with E-state index in [9.17, 15) is 10.1 Å². The van der Waals surface area contributed by atoms with Crippen LogP contribution in [-0.2, 0) is 9.47 Å². The molecule has 3 atom stereocenters. The van der Waals surface area contributed by atoms with E-state index in [1.807, 2.05) is 6.92 Å². The first kappa shape index (κ1) is 20.9. The average Bonchev–Trinajstić information content (AvgIpc) is 3.63. The molecule has 2 saturated carbocycles. The number of ether oxygens (including phenoxy) is 2. The zero-order chi connectivity index (χ0) is 23.4. The molecule has 2 aliphatic carbocycles. The Labute approximate surface area is 193 Å². The Morgan fingerprint density at radius 2 is 2.26 bits per heavy atom. The average molecular weight is 466 g/mol. The number of nitrogens with one attached hydrogen (secondary N) is 3. The minimum atomic E-state index is -1.54. The van der Waals surface area contributed by atoms with Gasteiger partial charge >= 0.3 is 6.09 Å². The monoisotopic (exact) mass is 466 g/mol. The summed E-state index contributed by atoms with van der Waals surface area (Å²) in [6.45, 7) is 1.87. The first-order chi connectivity index (χ1) is 16.4. The number of anilines is 2. The zero-order valence-electron chi connectivity index (χ0n) is 18.4. The van der Waals surface area contributed by atoms with Crippen molar-refractivity contribution in [1.29, 1.82) is 5.26 Å². The van der Waals surface area contributed by atoms with Gasteiger partial charge in [0, 0.05) is 23.4 Å². The second-order valence-electron chi connectivity index (χ2n) is 9.40. The van der Waals surface area contributed by atoms with E-state index >= 15 is 4.39 Å². The van der Waals surface area contributed by atoms with Crippen molar-refractivity contribution in [3.05, 3.63) is 35.4 Å². The highest BCUT2D eigenvalue weighted by atomic mass is 19.1. The number of fused-ring (bicyclic) bond motifs is 1. The van der Waals surface area contributed by atoms with E-state index in [2.05, 4.69) is 36.9 Å². The number of carbonyl (C=O) groups is 1. The Bertz CT molecular complexity index is 1310. The maximum absolute atomic E-state index is 15.0. The van der Waals surface area contributed by atoms with Crippen LogP contribution < -0.4 is 10.6 Å². The molecule has 3 N–H and O–H groups in total. The van der Waals surface area contributed by atoms with E-state index in [4.69, 9.17) is 9.47 Å². The van der Waals surface area contributed by atoms with Crippen LogP contribution in [0.2, 0.25) is 0 Å². The van der Waals surface area contributed by atoms with E-state index in [-0.39, 0.29) is 12.1 Å². The van der Waals surface area contributed by atoms with Crippen LogP contribution >= 0.6 is 0 Å². The standard InChI is InChI=1S/C22H23FN8O3/c1-22(4-5-22)28-21(32)34-15-10-33-18(17(15)23)14-6-16(30-29-14)27-20-25-8-13(11-2-3-11)19-26-12(7-24)9-31(19)20/h6,8-9,11,15,17-18H,2-5,10H2,1H3,(H,28,32)(H2,25,27,29,30)/t15-,17+,18-/m0/s1. The molecule has 6 rings (SSSR count). The topological polar surface area (TPSA) is 142 Å². The number of alkyl carbamates (subject to hydrolysis) is 1. The van der Waals surface area contributed by atoms with E-state index in [0.717, 1.165) is 31.2 Å². The van der Waals surface area contributed by atoms with E-state index in [1.165, 1.54) is 0 Å². The molecule has 0 aromatic carbocycles. The SMILES string of the molecule is CC1(NC(=O)O[C@H]2CO[C@@H](c3cc(Nc4ncc(C5CC5)c5nc(C#N)cn45)n[nH]3)[C@@H]2F)CC1. The third-order valence-corrected chi connectivity index (χ3v) is 6.54. The molecular weight excluding hydrogens is 443 g/mol. The maximum atomic E-state index is 15.0. The van der Waals surface area contributed by atoms with Gasteiger partial charge in [-0.25, -0.2) is 19.2 Å². The lowest BCUT2D eigenvalue weighted by Gasteiger charge is -2.17. The second-order valence-corrected chi connectivity index (χ2v) is 9.40. The molecule has 3 fully saturated rings. The van der Waals surface area contributed by atoms with Crippen LogP contribution in [0, 0.1) is 11.3 Å². The minimum absolute atomic E-state index is 0.0471. The number of hydrogen-bond donors (Lipinski definition) is 3. The molecule has 1 saturated heterocycles. The maximum Gasteiger partial charge on any atom is 0.408 e. The van der Waals surface area contributed by atoms with Gasteiger partial charge in [-0.1, -0.05) is 0 Å². The highest BCUT2D eigenvalue weighted by molar-refractivity contribution is 5.69. The Kier molecular flexibility index (Phi) is 4.70. The largest absolute Gasteiger partial charge is 0.441 e. The van der Waals surface area contributed by atoms with Crippen molar-refractivity contribution in [2.24, 2.45) is 0 Å². The van der Waals surface area contributed by atoms with Crippen LogP contribution in [0.3, 0.4) is 0 Å². The molecule has 0 unspecified atom stereocenters. The third-order valence-electron chi connectivity index (χ3n) is 6.54. The summed E-state index contributed by atoms with van der Waals surface area (Å²) in [5.41, 5.74) is 2.16. The predicted octanol–water partition coefficient (Wildman–Crippen LogP) is 3.00. The molecule has 3 aromatic rings. The fourth-order valence-corrected chi connectivity index (χ4v) is 4.15. The van der Waals surface area contributed by atoms with E-state index in [1.54, 1.807) is 22.9 Å². The number of hydrogen-bond acceptors (Lipinski definition) is 8. The van der Waals surface area contributed by atoms with Crippen molar-refractivity contribution >= 4 is 23.5 Å². The lowest BCUT2D eigenvalue weighted by Crippen LogP contribution is -2.39. The van der Waals surface area contributed by atoms with Crippen molar-refractivity contribution in [3.63, 3.8) is 0 Å². The smallest absolute Gasteiger partial charge is 0.408 e. The number of aromatic nitrogens is 5. The van der Waals surface area contributed by atoms with Gasteiger partial charge in [-0.05, 0) is 38.5 Å². The Morgan fingerprint density at radius 3 is 3.00 bits per heavy atom. The van der Waals surface area contributed by atoms with Gasteiger partial charge in [-0.3, -0.25) is 9.50 Å². The summed E-state index contributed by atoms with van der Waals surface area (Å²) in [5.74, 6) is 1.25. The van der Waals surface area contributed by atoms with Gasteiger partial charge in [0.2, 0.25) is 5.95 Å². The lowest BCUT2D eigenvalue weighted by atomic mass is 10.1. The quantitative estimate of drug-likeness (QED) is 0.503. The molecule has 1 amide bonds.